The highest BCUT2D eigenvalue weighted by atomic mass is 35.5. The van der Waals surface area contributed by atoms with Crippen molar-refractivity contribution in [3.8, 4) is 0 Å². The summed E-state index contributed by atoms with van der Waals surface area (Å²) in [5.41, 5.74) is 1.08. The molecule has 2 atom stereocenters. The third-order valence-corrected chi connectivity index (χ3v) is 3.64. The molecule has 4 nitrogen and oxygen atoms in total. The van der Waals surface area contributed by atoms with E-state index in [0.717, 1.165) is 24.9 Å². The van der Waals surface area contributed by atoms with E-state index < -0.39 is 6.10 Å². The van der Waals surface area contributed by atoms with Gasteiger partial charge in [-0.25, -0.2) is 0 Å². The Bertz CT molecular complexity index is 430. The number of amides is 1. The molecule has 2 N–H and O–H groups in total. The molecule has 20 heavy (non-hydrogen) atoms. The van der Waals surface area contributed by atoms with Crippen LogP contribution in [0.4, 0.5) is 0 Å². The molecule has 1 amide bonds. The van der Waals surface area contributed by atoms with Crippen LogP contribution < -0.4 is 10.6 Å². The number of hydrogen-bond acceptors (Lipinski definition) is 3. The van der Waals surface area contributed by atoms with Crippen molar-refractivity contribution in [2.24, 2.45) is 0 Å². The minimum absolute atomic E-state index is 0.00953. The SMILES string of the molecule is CCC[C@H](NC(=O)[C@H]1CNCCO1)c1ccc(Cl)cc1. The molecule has 1 aromatic rings. The fraction of sp³-hybridized carbons (Fsp3) is 0.533. The summed E-state index contributed by atoms with van der Waals surface area (Å²) in [4.78, 5) is 12.2. The van der Waals surface area contributed by atoms with Crippen LogP contribution in [0.2, 0.25) is 5.02 Å². The molecule has 5 heteroatoms. The number of ether oxygens (including phenoxy) is 1. The van der Waals surface area contributed by atoms with E-state index in [9.17, 15) is 4.79 Å². The number of morpholine rings is 1. The second-order valence-electron chi connectivity index (χ2n) is 4.96. The highest BCUT2D eigenvalue weighted by Crippen LogP contribution is 2.21. The monoisotopic (exact) mass is 296 g/mol. The first-order valence-corrected chi connectivity index (χ1v) is 7.46. The van der Waals surface area contributed by atoms with Gasteiger partial charge in [0.25, 0.3) is 5.91 Å². The molecule has 1 aliphatic heterocycles. The van der Waals surface area contributed by atoms with Gasteiger partial charge in [0, 0.05) is 18.1 Å². The van der Waals surface area contributed by atoms with Gasteiger partial charge in [-0.05, 0) is 24.1 Å². The maximum Gasteiger partial charge on any atom is 0.250 e. The lowest BCUT2D eigenvalue weighted by atomic mass is 10.0. The normalized spacial score (nSPS) is 20.4. The zero-order chi connectivity index (χ0) is 14.4. The van der Waals surface area contributed by atoms with E-state index in [1.165, 1.54) is 0 Å². The number of carbonyl (C=O) groups excluding carboxylic acids is 1. The van der Waals surface area contributed by atoms with Gasteiger partial charge in [-0.3, -0.25) is 4.79 Å². The lowest BCUT2D eigenvalue weighted by Crippen LogP contribution is -2.48. The maximum absolute atomic E-state index is 12.2. The summed E-state index contributed by atoms with van der Waals surface area (Å²) in [7, 11) is 0. The van der Waals surface area contributed by atoms with E-state index in [4.69, 9.17) is 16.3 Å². The molecule has 110 valence electrons. The molecular formula is C15H21ClN2O2. The average molecular weight is 297 g/mol. The van der Waals surface area contributed by atoms with E-state index in [1.54, 1.807) is 0 Å². The molecular weight excluding hydrogens is 276 g/mol. The summed E-state index contributed by atoms with van der Waals surface area (Å²) < 4.78 is 5.48. The van der Waals surface area contributed by atoms with Gasteiger partial charge in [0.1, 0.15) is 6.10 Å². The van der Waals surface area contributed by atoms with E-state index in [1.807, 2.05) is 24.3 Å². The number of nitrogens with one attached hydrogen (secondary N) is 2. The van der Waals surface area contributed by atoms with Crippen molar-refractivity contribution in [2.45, 2.75) is 31.9 Å². The molecule has 0 radical (unpaired) electrons. The summed E-state index contributed by atoms with van der Waals surface area (Å²) in [6.45, 7) is 4.07. The molecule has 0 unspecified atom stereocenters. The van der Waals surface area contributed by atoms with Gasteiger partial charge >= 0.3 is 0 Å². The van der Waals surface area contributed by atoms with E-state index in [0.29, 0.717) is 18.2 Å². The quantitative estimate of drug-likeness (QED) is 0.876. The summed E-state index contributed by atoms with van der Waals surface area (Å²) in [5, 5.41) is 6.95. The number of carbonyl (C=O) groups is 1. The Hall–Kier alpha value is -1.10. The van der Waals surface area contributed by atoms with Crippen LogP contribution in [0, 0.1) is 0 Å². The molecule has 0 bridgehead atoms. The molecule has 0 saturated carbocycles. The van der Waals surface area contributed by atoms with Crippen LogP contribution in [0.1, 0.15) is 31.4 Å². The number of hydrogen-bond donors (Lipinski definition) is 2. The second-order valence-corrected chi connectivity index (χ2v) is 5.40. The highest BCUT2D eigenvalue weighted by molar-refractivity contribution is 6.30. The third-order valence-electron chi connectivity index (χ3n) is 3.39. The van der Waals surface area contributed by atoms with Gasteiger partial charge in [-0.1, -0.05) is 37.1 Å². The van der Waals surface area contributed by atoms with Gasteiger partial charge < -0.3 is 15.4 Å². The van der Waals surface area contributed by atoms with Gasteiger partial charge in [-0.2, -0.15) is 0 Å². The lowest BCUT2D eigenvalue weighted by Gasteiger charge is -2.26. The van der Waals surface area contributed by atoms with Gasteiger partial charge in [0.2, 0.25) is 0 Å². The smallest absolute Gasteiger partial charge is 0.250 e. The second kappa shape index (κ2) is 7.62. The Morgan fingerprint density at radius 3 is 2.85 bits per heavy atom. The molecule has 1 fully saturated rings. The van der Waals surface area contributed by atoms with Crippen molar-refractivity contribution in [3.05, 3.63) is 34.9 Å². The standard InChI is InChI=1S/C15H21ClN2O2/c1-2-3-13(11-4-6-12(16)7-5-11)18-15(19)14-10-17-8-9-20-14/h4-7,13-14,17H,2-3,8-10H2,1H3,(H,18,19)/t13-,14+/m0/s1. The van der Waals surface area contributed by atoms with Gasteiger partial charge in [0.15, 0.2) is 0 Å². The fourth-order valence-corrected chi connectivity index (χ4v) is 2.43. The van der Waals surface area contributed by atoms with Crippen LogP contribution >= 0.6 is 11.6 Å². The number of benzene rings is 1. The largest absolute Gasteiger partial charge is 0.366 e. The summed E-state index contributed by atoms with van der Waals surface area (Å²) >= 11 is 5.91. The molecule has 1 aromatic carbocycles. The van der Waals surface area contributed by atoms with Gasteiger partial charge in [0.05, 0.1) is 12.6 Å². The lowest BCUT2D eigenvalue weighted by molar-refractivity contribution is -0.135. The summed E-state index contributed by atoms with van der Waals surface area (Å²) in [6, 6.07) is 7.64. The fourth-order valence-electron chi connectivity index (χ4n) is 2.30. The zero-order valence-electron chi connectivity index (χ0n) is 11.7. The van der Waals surface area contributed by atoms with Crippen molar-refractivity contribution in [2.75, 3.05) is 19.7 Å². The highest BCUT2D eigenvalue weighted by Gasteiger charge is 2.24. The molecule has 1 saturated heterocycles. The third kappa shape index (κ3) is 4.20. The van der Waals surface area contributed by atoms with Crippen LogP contribution in [-0.2, 0) is 9.53 Å². The molecule has 2 rings (SSSR count). The van der Waals surface area contributed by atoms with Crippen LogP contribution in [0.3, 0.4) is 0 Å². The Kier molecular flexibility index (Phi) is 5.83. The van der Waals surface area contributed by atoms with Gasteiger partial charge in [-0.15, -0.1) is 0 Å². The summed E-state index contributed by atoms with van der Waals surface area (Å²) in [6.07, 6.45) is 1.50. The van der Waals surface area contributed by atoms with Crippen LogP contribution in [0.5, 0.6) is 0 Å². The maximum atomic E-state index is 12.2. The minimum atomic E-state index is -0.393. The molecule has 0 aromatic heterocycles. The van der Waals surface area contributed by atoms with Crippen molar-refractivity contribution in [3.63, 3.8) is 0 Å². The van der Waals surface area contributed by atoms with Crippen LogP contribution in [0.25, 0.3) is 0 Å². The van der Waals surface area contributed by atoms with Crippen molar-refractivity contribution >= 4 is 17.5 Å². The average Bonchev–Trinajstić information content (AvgIpc) is 2.48. The Labute approximate surface area is 124 Å². The predicted octanol–water partition coefficient (Wildman–Crippen LogP) is 2.29. The molecule has 0 aliphatic carbocycles. The molecule has 1 heterocycles. The first kappa shape index (κ1) is 15.3. The topological polar surface area (TPSA) is 50.4 Å². The van der Waals surface area contributed by atoms with E-state index in [-0.39, 0.29) is 11.9 Å². The predicted molar refractivity (Wildman–Crippen MR) is 79.9 cm³/mol. The van der Waals surface area contributed by atoms with Crippen molar-refractivity contribution in [1.82, 2.24) is 10.6 Å². The minimum Gasteiger partial charge on any atom is -0.366 e. The first-order valence-electron chi connectivity index (χ1n) is 7.09. The summed E-state index contributed by atoms with van der Waals surface area (Å²) in [5.74, 6) is -0.0504. The molecule has 0 spiro atoms. The zero-order valence-corrected chi connectivity index (χ0v) is 12.5. The van der Waals surface area contributed by atoms with E-state index in [2.05, 4.69) is 17.6 Å². The van der Waals surface area contributed by atoms with Crippen LogP contribution in [0.15, 0.2) is 24.3 Å². The van der Waals surface area contributed by atoms with Crippen LogP contribution in [-0.4, -0.2) is 31.7 Å². The Morgan fingerprint density at radius 2 is 2.25 bits per heavy atom. The van der Waals surface area contributed by atoms with Crippen molar-refractivity contribution in [1.29, 1.82) is 0 Å². The first-order chi connectivity index (χ1) is 9.70. The Morgan fingerprint density at radius 1 is 1.50 bits per heavy atom. The van der Waals surface area contributed by atoms with E-state index >= 15 is 0 Å². The van der Waals surface area contributed by atoms with Crippen molar-refractivity contribution < 1.29 is 9.53 Å². The number of halogens is 1. The Balaban J connectivity index is 2.01. The molecule has 1 aliphatic rings. The number of rotatable bonds is 5.